The molecule has 1 N–H and O–H groups in total. The summed E-state index contributed by atoms with van der Waals surface area (Å²) < 4.78 is 5.73. The highest BCUT2D eigenvalue weighted by atomic mass is 16.5. The molecule has 3 saturated heterocycles. The second-order valence-electron chi connectivity index (χ2n) is 8.08. The van der Waals surface area contributed by atoms with Crippen LogP contribution in [0.3, 0.4) is 0 Å². The molecule has 4 aliphatic rings. The van der Waals surface area contributed by atoms with Crippen LogP contribution in [0, 0.1) is 11.8 Å². The SMILES string of the molecule is O=C(O[C@H]1CCN2C[C@H]3C[C@H](C(=O)N4C=CCC[C@@H]34)[C@@H]2C1)c1ccc[nH]1. The van der Waals surface area contributed by atoms with Gasteiger partial charge in [-0.1, -0.05) is 6.08 Å². The van der Waals surface area contributed by atoms with Gasteiger partial charge >= 0.3 is 5.97 Å². The predicted molar refractivity (Wildman–Crippen MR) is 95.2 cm³/mol. The first kappa shape index (κ1) is 16.1. The van der Waals surface area contributed by atoms with Crippen molar-refractivity contribution in [2.75, 3.05) is 13.1 Å². The van der Waals surface area contributed by atoms with Gasteiger partial charge in [0.2, 0.25) is 5.91 Å². The van der Waals surface area contributed by atoms with E-state index in [2.05, 4.69) is 16.0 Å². The van der Waals surface area contributed by atoms with Crippen molar-refractivity contribution < 1.29 is 14.3 Å². The lowest BCUT2D eigenvalue weighted by Crippen LogP contribution is -2.65. The van der Waals surface area contributed by atoms with Gasteiger partial charge in [-0.05, 0) is 43.7 Å². The number of amides is 1. The molecular formula is C20H25N3O3. The van der Waals surface area contributed by atoms with Crippen molar-refractivity contribution in [1.82, 2.24) is 14.8 Å². The minimum atomic E-state index is -0.295. The Morgan fingerprint density at radius 3 is 3.00 bits per heavy atom. The molecule has 0 spiro atoms. The Hall–Kier alpha value is -2.08. The van der Waals surface area contributed by atoms with E-state index >= 15 is 0 Å². The number of nitrogens with one attached hydrogen (secondary N) is 1. The minimum absolute atomic E-state index is 0.0414. The van der Waals surface area contributed by atoms with E-state index in [-0.39, 0.29) is 29.9 Å². The number of ether oxygens (including phenoxy) is 1. The molecule has 3 fully saturated rings. The third-order valence-electron chi connectivity index (χ3n) is 6.66. The first-order chi connectivity index (χ1) is 12.7. The molecule has 6 heteroatoms. The number of nitrogens with zero attached hydrogens (tertiary/aromatic N) is 2. The van der Waals surface area contributed by atoms with E-state index in [0.29, 0.717) is 17.7 Å². The molecule has 6 nitrogen and oxygen atoms in total. The number of fused-ring (bicyclic) bond motifs is 6. The lowest BCUT2D eigenvalue weighted by Gasteiger charge is -2.55. The van der Waals surface area contributed by atoms with Crippen molar-refractivity contribution in [2.24, 2.45) is 11.8 Å². The summed E-state index contributed by atoms with van der Waals surface area (Å²) in [6.45, 7) is 1.98. The van der Waals surface area contributed by atoms with Crippen LogP contribution >= 0.6 is 0 Å². The van der Waals surface area contributed by atoms with E-state index in [1.54, 1.807) is 18.3 Å². The molecule has 5 atom stereocenters. The maximum absolute atomic E-state index is 13.1. The van der Waals surface area contributed by atoms with Crippen molar-refractivity contribution in [2.45, 2.75) is 50.3 Å². The van der Waals surface area contributed by atoms with Gasteiger partial charge in [-0.25, -0.2) is 4.79 Å². The molecule has 1 amide bonds. The van der Waals surface area contributed by atoms with Gasteiger partial charge in [0.05, 0.1) is 5.92 Å². The number of rotatable bonds is 2. The van der Waals surface area contributed by atoms with Crippen LogP contribution in [0.2, 0.25) is 0 Å². The van der Waals surface area contributed by atoms with E-state index in [1.165, 1.54) is 0 Å². The van der Waals surface area contributed by atoms with Crippen LogP contribution in [0.4, 0.5) is 0 Å². The van der Waals surface area contributed by atoms with E-state index in [1.807, 2.05) is 11.1 Å². The van der Waals surface area contributed by atoms with Crippen LogP contribution in [0.5, 0.6) is 0 Å². The first-order valence-electron chi connectivity index (χ1n) is 9.78. The summed E-state index contributed by atoms with van der Waals surface area (Å²) in [7, 11) is 0. The molecule has 0 radical (unpaired) electrons. The fourth-order valence-electron chi connectivity index (χ4n) is 5.44. The molecule has 26 heavy (non-hydrogen) atoms. The number of allylic oxidation sites excluding steroid dienone is 1. The Kier molecular flexibility index (Phi) is 3.89. The number of piperidine rings is 3. The lowest BCUT2D eigenvalue weighted by molar-refractivity contribution is -0.154. The maximum atomic E-state index is 13.1. The number of H-pyrrole nitrogens is 1. The summed E-state index contributed by atoms with van der Waals surface area (Å²) in [5.41, 5.74) is 0.492. The number of carbonyl (C=O) groups is 2. The molecule has 1 aromatic rings. The molecule has 0 saturated carbocycles. The molecule has 2 bridgehead atoms. The van der Waals surface area contributed by atoms with Gasteiger partial charge in [0.25, 0.3) is 0 Å². The standard InChI is InChI=1S/C20H25N3O3/c24-19-15-10-13(17-5-1-2-8-23(17)19)12-22-9-6-14(11-18(15)22)26-20(25)16-4-3-7-21-16/h2-4,7-8,13-15,17-18,21H,1,5-6,9-12H2/t13-,14+,15+,17+,18+/m1/s1. The summed E-state index contributed by atoms with van der Waals surface area (Å²) in [5, 5.41) is 0. The highest BCUT2D eigenvalue weighted by Crippen LogP contribution is 2.43. The lowest BCUT2D eigenvalue weighted by atomic mass is 9.70. The van der Waals surface area contributed by atoms with E-state index < -0.39 is 0 Å². The van der Waals surface area contributed by atoms with Crippen molar-refractivity contribution >= 4 is 11.9 Å². The highest BCUT2D eigenvalue weighted by Gasteiger charge is 2.51. The van der Waals surface area contributed by atoms with Crippen LogP contribution in [0.1, 0.15) is 42.6 Å². The monoisotopic (exact) mass is 355 g/mol. The number of esters is 1. The number of carbonyl (C=O) groups excluding carboxylic acids is 2. The van der Waals surface area contributed by atoms with Gasteiger partial charge in [-0.15, -0.1) is 0 Å². The van der Waals surface area contributed by atoms with Crippen molar-refractivity contribution in [3.63, 3.8) is 0 Å². The summed E-state index contributed by atoms with van der Waals surface area (Å²) in [6.07, 6.45) is 10.5. The van der Waals surface area contributed by atoms with E-state index in [0.717, 1.165) is 45.2 Å². The minimum Gasteiger partial charge on any atom is -0.458 e. The number of aromatic amines is 1. The second kappa shape index (κ2) is 6.27. The molecular weight excluding hydrogens is 330 g/mol. The number of hydrogen-bond donors (Lipinski definition) is 1. The van der Waals surface area contributed by atoms with Crippen molar-refractivity contribution in [3.8, 4) is 0 Å². The predicted octanol–water partition coefficient (Wildman–Crippen LogP) is 2.16. The molecule has 0 aliphatic carbocycles. The zero-order chi connectivity index (χ0) is 17.7. The van der Waals surface area contributed by atoms with Crippen LogP contribution in [-0.2, 0) is 9.53 Å². The Morgan fingerprint density at radius 2 is 2.15 bits per heavy atom. The molecule has 0 unspecified atom stereocenters. The van der Waals surface area contributed by atoms with Crippen LogP contribution in [-0.4, -0.2) is 57.9 Å². The topological polar surface area (TPSA) is 65.6 Å². The summed E-state index contributed by atoms with van der Waals surface area (Å²) in [6, 6.07) is 4.11. The summed E-state index contributed by atoms with van der Waals surface area (Å²) in [5.74, 6) is 0.598. The average Bonchev–Trinajstić information content (AvgIpc) is 3.21. The Morgan fingerprint density at radius 1 is 1.23 bits per heavy atom. The largest absolute Gasteiger partial charge is 0.458 e. The van der Waals surface area contributed by atoms with Crippen LogP contribution < -0.4 is 0 Å². The van der Waals surface area contributed by atoms with E-state index in [4.69, 9.17) is 4.74 Å². The van der Waals surface area contributed by atoms with Crippen LogP contribution in [0.15, 0.2) is 30.6 Å². The second-order valence-corrected chi connectivity index (χ2v) is 8.08. The molecule has 5 heterocycles. The first-order valence-corrected chi connectivity index (χ1v) is 9.78. The number of aromatic nitrogens is 1. The average molecular weight is 355 g/mol. The quantitative estimate of drug-likeness (QED) is 0.826. The Labute approximate surface area is 153 Å². The van der Waals surface area contributed by atoms with Gasteiger partial charge in [0.1, 0.15) is 11.8 Å². The van der Waals surface area contributed by atoms with Gasteiger partial charge < -0.3 is 14.6 Å². The molecule has 0 aromatic carbocycles. The van der Waals surface area contributed by atoms with Gasteiger partial charge in [0.15, 0.2) is 0 Å². The molecule has 1 aromatic heterocycles. The van der Waals surface area contributed by atoms with Gasteiger partial charge in [-0.2, -0.15) is 0 Å². The Balaban J connectivity index is 1.31. The molecule has 4 aliphatic heterocycles. The third-order valence-corrected chi connectivity index (χ3v) is 6.66. The van der Waals surface area contributed by atoms with E-state index in [9.17, 15) is 9.59 Å². The molecule has 5 rings (SSSR count). The van der Waals surface area contributed by atoms with Gasteiger partial charge in [0, 0.05) is 44.0 Å². The summed E-state index contributed by atoms with van der Waals surface area (Å²) >= 11 is 0. The zero-order valence-corrected chi connectivity index (χ0v) is 14.8. The number of hydrogen-bond acceptors (Lipinski definition) is 4. The van der Waals surface area contributed by atoms with Crippen LogP contribution in [0.25, 0.3) is 0 Å². The zero-order valence-electron chi connectivity index (χ0n) is 14.8. The fraction of sp³-hybridized carbons (Fsp3) is 0.600. The Bertz CT molecular complexity index is 729. The normalized spacial score (nSPS) is 36.4. The van der Waals surface area contributed by atoms with Crippen molar-refractivity contribution in [1.29, 1.82) is 0 Å². The third kappa shape index (κ3) is 2.58. The maximum Gasteiger partial charge on any atom is 0.355 e. The summed E-state index contributed by atoms with van der Waals surface area (Å²) in [4.78, 5) is 32.7. The smallest absolute Gasteiger partial charge is 0.355 e. The van der Waals surface area contributed by atoms with Crippen molar-refractivity contribution in [3.05, 3.63) is 36.3 Å². The highest BCUT2D eigenvalue weighted by molar-refractivity contribution is 5.87. The van der Waals surface area contributed by atoms with Gasteiger partial charge in [-0.3, -0.25) is 9.69 Å². The fourth-order valence-corrected chi connectivity index (χ4v) is 5.44. The molecule has 138 valence electrons.